The lowest BCUT2D eigenvalue weighted by Crippen LogP contribution is -2.31. The Bertz CT molecular complexity index is 1060. The molecule has 1 aliphatic heterocycles. The van der Waals surface area contributed by atoms with E-state index in [0.29, 0.717) is 25.3 Å². The Labute approximate surface area is 168 Å². The molecule has 1 N–H and O–H groups in total. The number of hydrazone groups is 1. The predicted molar refractivity (Wildman–Crippen MR) is 109 cm³/mol. The van der Waals surface area contributed by atoms with E-state index in [-0.39, 0.29) is 18.2 Å². The van der Waals surface area contributed by atoms with Crippen LogP contribution < -0.4 is 5.43 Å². The van der Waals surface area contributed by atoms with Crippen molar-refractivity contribution in [3.63, 3.8) is 0 Å². The fourth-order valence-corrected chi connectivity index (χ4v) is 3.43. The Balaban J connectivity index is 1.33. The summed E-state index contributed by atoms with van der Waals surface area (Å²) in [7, 11) is 0. The highest BCUT2D eigenvalue weighted by atomic mass is 16.2. The van der Waals surface area contributed by atoms with Crippen molar-refractivity contribution in [2.75, 3.05) is 6.54 Å². The predicted octanol–water partition coefficient (Wildman–Crippen LogP) is 1.97. The summed E-state index contributed by atoms with van der Waals surface area (Å²) >= 11 is 0. The summed E-state index contributed by atoms with van der Waals surface area (Å²) in [6, 6.07) is 17.4. The molecule has 2 aromatic carbocycles. The van der Waals surface area contributed by atoms with Crippen LogP contribution in [0.1, 0.15) is 18.9 Å². The molecule has 8 heteroatoms. The second-order valence-electron chi connectivity index (χ2n) is 7.22. The second kappa shape index (κ2) is 8.22. The average molecular weight is 390 g/mol. The first kappa shape index (κ1) is 18.8. The lowest BCUT2D eigenvalue weighted by atomic mass is 10.1. The van der Waals surface area contributed by atoms with Crippen molar-refractivity contribution in [3.05, 3.63) is 60.2 Å². The van der Waals surface area contributed by atoms with Crippen molar-refractivity contribution < 1.29 is 9.59 Å². The van der Waals surface area contributed by atoms with Gasteiger partial charge in [-0.2, -0.15) is 5.10 Å². The van der Waals surface area contributed by atoms with E-state index in [1.54, 1.807) is 9.58 Å². The Morgan fingerprint density at radius 3 is 2.76 bits per heavy atom. The quantitative estimate of drug-likeness (QED) is 0.514. The van der Waals surface area contributed by atoms with Gasteiger partial charge >= 0.3 is 0 Å². The number of carbonyl (C=O) groups excluding carboxylic acids is 2. The van der Waals surface area contributed by atoms with Gasteiger partial charge in [-0.3, -0.25) is 9.59 Å². The molecule has 1 aliphatic rings. The first-order chi connectivity index (χ1) is 14.1. The van der Waals surface area contributed by atoms with Crippen molar-refractivity contribution in [2.24, 2.45) is 11.0 Å². The molecule has 0 saturated carbocycles. The molecule has 148 valence electrons. The third kappa shape index (κ3) is 4.31. The van der Waals surface area contributed by atoms with Gasteiger partial charge in [0.2, 0.25) is 11.8 Å². The maximum atomic E-state index is 12.5. The van der Waals surface area contributed by atoms with Crippen LogP contribution >= 0.6 is 0 Å². The molecule has 0 bridgehead atoms. The second-order valence-corrected chi connectivity index (χ2v) is 7.22. The molecule has 1 atom stereocenters. The molecule has 0 radical (unpaired) electrons. The minimum absolute atomic E-state index is 0.0104. The third-order valence-electron chi connectivity index (χ3n) is 4.96. The lowest BCUT2D eigenvalue weighted by Gasteiger charge is -2.16. The number of nitrogens with zero attached hydrogens (tertiary/aromatic N) is 5. The van der Waals surface area contributed by atoms with Gasteiger partial charge in [0.15, 0.2) is 0 Å². The number of aromatic nitrogens is 3. The molecule has 1 aromatic heterocycles. The Hall–Kier alpha value is -3.55. The zero-order chi connectivity index (χ0) is 20.2. The molecule has 1 unspecified atom stereocenters. The van der Waals surface area contributed by atoms with Crippen molar-refractivity contribution in [1.29, 1.82) is 0 Å². The van der Waals surface area contributed by atoms with Gasteiger partial charge in [-0.05, 0) is 24.6 Å². The number of carbonyl (C=O) groups is 2. The van der Waals surface area contributed by atoms with Crippen LogP contribution in [0, 0.1) is 5.92 Å². The van der Waals surface area contributed by atoms with Crippen LogP contribution in [-0.4, -0.2) is 44.0 Å². The highest BCUT2D eigenvalue weighted by Crippen LogP contribution is 2.20. The highest BCUT2D eigenvalue weighted by molar-refractivity contribution is 5.90. The summed E-state index contributed by atoms with van der Waals surface area (Å²) in [6.07, 6.45) is 0.209. The minimum Gasteiger partial charge on any atom is -0.338 e. The molecular formula is C21H22N6O2. The zero-order valence-corrected chi connectivity index (χ0v) is 16.2. The van der Waals surface area contributed by atoms with E-state index < -0.39 is 5.92 Å². The first-order valence-electron chi connectivity index (χ1n) is 9.53. The molecule has 4 rings (SSSR count). The molecule has 0 spiro atoms. The molecule has 2 amide bonds. The summed E-state index contributed by atoms with van der Waals surface area (Å²) in [4.78, 5) is 26.5. The van der Waals surface area contributed by atoms with Crippen molar-refractivity contribution in [2.45, 2.75) is 26.4 Å². The van der Waals surface area contributed by atoms with E-state index in [1.807, 2.05) is 61.5 Å². The Morgan fingerprint density at radius 2 is 1.93 bits per heavy atom. The molecule has 0 aliphatic carbocycles. The number of para-hydroxylation sites is 1. The fourth-order valence-electron chi connectivity index (χ4n) is 3.43. The summed E-state index contributed by atoms with van der Waals surface area (Å²) in [5.74, 6) is -0.643. The largest absolute Gasteiger partial charge is 0.338 e. The SMILES string of the molecule is C/C(Cn1nnc2ccccc21)=N\NC(=O)C1CC(=O)N(Cc2ccccc2)C1. The molecule has 2 heterocycles. The normalized spacial score (nSPS) is 17.1. The molecule has 8 nitrogen and oxygen atoms in total. The summed E-state index contributed by atoms with van der Waals surface area (Å²) in [6.45, 7) is 3.16. The van der Waals surface area contributed by atoms with E-state index >= 15 is 0 Å². The number of hydrogen-bond acceptors (Lipinski definition) is 5. The summed E-state index contributed by atoms with van der Waals surface area (Å²) in [5, 5.41) is 12.4. The monoisotopic (exact) mass is 390 g/mol. The standard InChI is InChI=1S/C21H22N6O2/c1-15(12-27-19-10-6-5-9-18(19)23-25-27)22-24-21(29)17-11-20(28)26(14-17)13-16-7-3-2-4-8-16/h2-10,17H,11-14H2,1H3,(H,24,29)/b22-15+. The fraction of sp³-hybridized carbons (Fsp3) is 0.286. The Morgan fingerprint density at radius 1 is 1.17 bits per heavy atom. The third-order valence-corrected chi connectivity index (χ3v) is 4.96. The van der Waals surface area contributed by atoms with Crippen molar-refractivity contribution >= 4 is 28.6 Å². The molecular weight excluding hydrogens is 368 g/mol. The highest BCUT2D eigenvalue weighted by Gasteiger charge is 2.34. The van der Waals surface area contributed by atoms with E-state index in [9.17, 15) is 9.59 Å². The summed E-state index contributed by atoms with van der Waals surface area (Å²) < 4.78 is 1.74. The van der Waals surface area contributed by atoms with Crippen molar-refractivity contribution in [3.8, 4) is 0 Å². The van der Waals surface area contributed by atoms with E-state index in [1.165, 1.54) is 0 Å². The van der Waals surface area contributed by atoms with E-state index in [2.05, 4.69) is 20.8 Å². The van der Waals surface area contributed by atoms with E-state index in [4.69, 9.17) is 0 Å². The molecule has 1 fully saturated rings. The smallest absolute Gasteiger partial charge is 0.245 e. The maximum Gasteiger partial charge on any atom is 0.245 e. The van der Waals surface area contributed by atoms with Crippen LogP contribution in [0.15, 0.2) is 59.7 Å². The van der Waals surface area contributed by atoms with Crippen LogP contribution in [0.3, 0.4) is 0 Å². The first-order valence-corrected chi connectivity index (χ1v) is 9.53. The van der Waals surface area contributed by atoms with Gasteiger partial charge in [0, 0.05) is 19.5 Å². The van der Waals surface area contributed by atoms with Crippen LogP contribution in [0.4, 0.5) is 0 Å². The van der Waals surface area contributed by atoms with Gasteiger partial charge in [-0.25, -0.2) is 10.1 Å². The molecule has 3 aromatic rings. The number of rotatable bonds is 6. The van der Waals surface area contributed by atoms with Gasteiger partial charge in [0.25, 0.3) is 0 Å². The topological polar surface area (TPSA) is 92.5 Å². The van der Waals surface area contributed by atoms with Gasteiger partial charge in [0.1, 0.15) is 5.52 Å². The number of benzene rings is 2. The van der Waals surface area contributed by atoms with Gasteiger partial charge < -0.3 is 4.90 Å². The lowest BCUT2D eigenvalue weighted by molar-refractivity contribution is -0.129. The van der Waals surface area contributed by atoms with Crippen LogP contribution in [0.2, 0.25) is 0 Å². The van der Waals surface area contributed by atoms with Gasteiger partial charge in [-0.15, -0.1) is 5.10 Å². The molecule has 1 saturated heterocycles. The minimum atomic E-state index is -0.394. The number of amides is 2. The van der Waals surface area contributed by atoms with Crippen LogP contribution in [0.25, 0.3) is 11.0 Å². The molecule has 29 heavy (non-hydrogen) atoms. The number of fused-ring (bicyclic) bond motifs is 1. The van der Waals surface area contributed by atoms with Gasteiger partial charge in [0.05, 0.1) is 23.7 Å². The van der Waals surface area contributed by atoms with E-state index in [0.717, 1.165) is 16.6 Å². The Kier molecular flexibility index (Phi) is 5.33. The maximum absolute atomic E-state index is 12.5. The number of likely N-dealkylation sites (tertiary alicyclic amines) is 1. The average Bonchev–Trinajstić information content (AvgIpc) is 3.31. The van der Waals surface area contributed by atoms with Crippen LogP contribution in [0.5, 0.6) is 0 Å². The van der Waals surface area contributed by atoms with Gasteiger partial charge in [-0.1, -0.05) is 47.7 Å². The van der Waals surface area contributed by atoms with Crippen LogP contribution in [-0.2, 0) is 22.7 Å². The number of hydrogen-bond donors (Lipinski definition) is 1. The zero-order valence-electron chi connectivity index (χ0n) is 16.2. The van der Waals surface area contributed by atoms with Crippen molar-refractivity contribution in [1.82, 2.24) is 25.3 Å². The summed E-state index contributed by atoms with van der Waals surface area (Å²) in [5.41, 5.74) is 6.07. The number of nitrogens with one attached hydrogen (secondary N) is 1.